The molecule has 3 rings (SSSR count). The maximum atomic E-state index is 12.0. The van der Waals surface area contributed by atoms with Crippen molar-refractivity contribution in [1.29, 1.82) is 0 Å². The first-order chi connectivity index (χ1) is 10.9. The van der Waals surface area contributed by atoms with Crippen LogP contribution in [0.15, 0.2) is 33.9 Å². The van der Waals surface area contributed by atoms with Crippen molar-refractivity contribution in [2.24, 2.45) is 0 Å². The van der Waals surface area contributed by atoms with Crippen molar-refractivity contribution in [3.8, 4) is 0 Å². The Labute approximate surface area is 140 Å². The van der Waals surface area contributed by atoms with Gasteiger partial charge in [0.1, 0.15) is 0 Å². The van der Waals surface area contributed by atoms with Crippen LogP contribution in [-0.4, -0.2) is 21.9 Å². The first kappa shape index (κ1) is 16.1. The van der Waals surface area contributed by atoms with E-state index in [1.54, 1.807) is 0 Å². The monoisotopic (exact) mass is 331 g/mol. The summed E-state index contributed by atoms with van der Waals surface area (Å²) in [5, 5.41) is 11.3. The van der Waals surface area contributed by atoms with Gasteiger partial charge in [-0.2, -0.15) is 0 Å². The van der Waals surface area contributed by atoms with Crippen LogP contribution in [0.2, 0.25) is 0 Å². The van der Waals surface area contributed by atoms with E-state index in [0.717, 1.165) is 18.5 Å². The molecule has 1 N–H and O–H groups in total. The first-order valence-electron chi connectivity index (χ1n) is 7.78. The molecular weight excluding hydrogens is 310 g/mol. The summed E-state index contributed by atoms with van der Waals surface area (Å²) in [5.41, 5.74) is 2.14. The molecule has 0 bridgehead atoms. The Hall–Kier alpha value is -1.82. The fourth-order valence-electron chi connectivity index (χ4n) is 2.15. The van der Waals surface area contributed by atoms with Gasteiger partial charge in [0, 0.05) is 11.6 Å². The number of anilines is 1. The van der Waals surface area contributed by atoms with Gasteiger partial charge in [0.05, 0.1) is 5.75 Å². The number of hydrogen-bond acceptors (Lipinski definition) is 5. The Bertz CT molecular complexity index is 685. The minimum atomic E-state index is -0.0790. The topological polar surface area (TPSA) is 68.0 Å². The number of nitrogens with zero attached hydrogens (tertiary/aromatic N) is 2. The van der Waals surface area contributed by atoms with Crippen LogP contribution in [0.5, 0.6) is 0 Å². The Morgan fingerprint density at radius 3 is 2.57 bits per heavy atom. The van der Waals surface area contributed by atoms with E-state index in [0.29, 0.717) is 17.0 Å². The Morgan fingerprint density at radius 2 is 1.96 bits per heavy atom. The highest BCUT2D eigenvalue weighted by atomic mass is 32.2. The molecule has 0 unspecified atom stereocenters. The van der Waals surface area contributed by atoms with Crippen LogP contribution in [0, 0.1) is 0 Å². The van der Waals surface area contributed by atoms with Crippen molar-refractivity contribution in [2.45, 2.75) is 50.2 Å². The van der Waals surface area contributed by atoms with Gasteiger partial charge in [-0.25, -0.2) is 0 Å². The van der Waals surface area contributed by atoms with E-state index in [1.807, 2.05) is 24.3 Å². The Morgan fingerprint density at radius 1 is 1.26 bits per heavy atom. The summed E-state index contributed by atoms with van der Waals surface area (Å²) in [6.07, 6.45) is 2.24. The van der Waals surface area contributed by atoms with E-state index in [1.165, 1.54) is 17.3 Å². The van der Waals surface area contributed by atoms with Crippen LogP contribution >= 0.6 is 11.8 Å². The quantitative estimate of drug-likeness (QED) is 0.840. The third-order valence-electron chi connectivity index (χ3n) is 3.71. The number of rotatable bonds is 5. The first-order valence-corrected chi connectivity index (χ1v) is 8.77. The van der Waals surface area contributed by atoms with E-state index in [9.17, 15) is 4.79 Å². The van der Waals surface area contributed by atoms with Crippen LogP contribution in [0.4, 0.5) is 5.69 Å². The van der Waals surface area contributed by atoms with Crippen LogP contribution < -0.4 is 5.32 Å². The number of nitrogens with one attached hydrogen (secondary N) is 1. The van der Waals surface area contributed by atoms with Gasteiger partial charge in [0.25, 0.3) is 5.22 Å². The highest BCUT2D eigenvalue weighted by molar-refractivity contribution is 7.99. The zero-order chi connectivity index (χ0) is 16.4. The van der Waals surface area contributed by atoms with E-state index >= 15 is 0 Å². The van der Waals surface area contributed by atoms with E-state index in [2.05, 4.69) is 36.3 Å². The molecule has 2 aromatic rings. The van der Waals surface area contributed by atoms with Crippen LogP contribution in [0.1, 0.15) is 51.0 Å². The molecule has 1 heterocycles. The predicted molar refractivity (Wildman–Crippen MR) is 90.8 cm³/mol. The fraction of sp³-hybridized carbons (Fsp3) is 0.471. The van der Waals surface area contributed by atoms with Crippen LogP contribution in [0.25, 0.3) is 0 Å². The SMILES string of the molecule is CC(C)(C)c1ccc(NC(=O)CSc2nnc(C3CC3)o2)cc1. The van der Waals surface area contributed by atoms with Gasteiger partial charge in [-0.1, -0.05) is 44.7 Å². The highest BCUT2D eigenvalue weighted by Gasteiger charge is 2.29. The number of thioether (sulfide) groups is 1. The molecule has 1 amide bonds. The Balaban J connectivity index is 1.50. The molecule has 1 aromatic heterocycles. The van der Waals surface area contributed by atoms with Crippen molar-refractivity contribution < 1.29 is 9.21 Å². The summed E-state index contributed by atoms with van der Waals surface area (Å²) in [6.45, 7) is 6.49. The molecule has 0 radical (unpaired) electrons. The maximum absolute atomic E-state index is 12.0. The molecular formula is C17H21N3O2S. The third-order valence-corrected chi connectivity index (χ3v) is 4.53. The van der Waals surface area contributed by atoms with Crippen LogP contribution in [0.3, 0.4) is 0 Å². The normalized spacial score (nSPS) is 14.7. The van der Waals surface area contributed by atoms with Gasteiger partial charge in [-0.05, 0) is 36.0 Å². The smallest absolute Gasteiger partial charge is 0.277 e. The summed E-state index contributed by atoms with van der Waals surface area (Å²) in [7, 11) is 0. The van der Waals surface area contributed by atoms with Gasteiger partial charge >= 0.3 is 0 Å². The van der Waals surface area contributed by atoms with Crippen molar-refractivity contribution in [3.05, 3.63) is 35.7 Å². The number of benzene rings is 1. The fourth-order valence-corrected chi connectivity index (χ4v) is 2.72. The lowest BCUT2D eigenvalue weighted by Gasteiger charge is -2.19. The van der Waals surface area contributed by atoms with Crippen LogP contribution in [-0.2, 0) is 10.2 Å². The number of aromatic nitrogens is 2. The average Bonchev–Trinajstić information content (AvgIpc) is 3.24. The molecule has 0 spiro atoms. The second-order valence-electron chi connectivity index (χ2n) is 6.84. The predicted octanol–water partition coefficient (Wildman–Crippen LogP) is 3.98. The molecule has 6 heteroatoms. The van der Waals surface area contributed by atoms with E-state index < -0.39 is 0 Å². The van der Waals surface area contributed by atoms with E-state index in [-0.39, 0.29) is 17.1 Å². The number of hydrogen-bond donors (Lipinski definition) is 1. The van der Waals surface area contributed by atoms with Crippen molar-refractivity contribution in [2.75, 3.05) is 11.1 Å². The molecule has 5 nitrogen and oxygen atoms in total. The molecule has 23 heavy (non-hydrogen) atoms. The number of carbonyl (C=O) groups is 1. The summed E-state index contributed by atoms with van der Waals surface area (Å²) in [4.78, 5) is 12.0. The zero-order valence-electron chi connectivity index (χ0n) is 13.6. The third kappa shape index (κ3) is 4.34. The maximum Gasteiger partial charge on any atom is 0.277 e. The lowest BCUT2D eigenvalue weighted by atomic mass is 9.87. The molecule has 1 saturated carbocycles. The number of carbonyl (C=O) groups excluding carboxylic acids is 1. The molecule has 122 valence electrons. The molecule has 1 aromatic carbocycles. The molecule has 0 saturated heterocycles. The second kappa shape index (κ2) is 6.35. The molecule has 1 fully saturated rings. The standard InChI is InChI=1S/C17H21N3O2S/c1-17(2,3)12-6-8-13(9-7-12)18-14(21)10-23-16-20-19-15(22-16)11-4-5-11/h6-9,11H,4-5,10H2,1-3H3,(H,18,21). The highest BCUT2D eigenvalue weighted by Crippen LogP contribution is 2.39. The number of amides is 1. The molecule has 0 atom stereocenters. The second-order valence-corrected chi connectivity index (χ2v) is 7.77. The van der Waals surface area contributed by atoms with Gasteiger partial charge in [-0.15, -0.1) is 10.2 Å². The minimum absolute atomic E-state index is 0.0790. The van der Waals surface area contributed by atoms with Gasteiger partial charge in [0.2, 0.25) is 11.8 Å². The van der Waals surface area contributed by atoms with Gasteiger partial charge in [0.15, 0.2) is 0 Å². The lowest BCUT2D eigenvalue weighted by molar-refractivity contribution is -0.113. The van der Waals surface area contributed by atoms with Gasteiger partial charge in [-0.3, -0.25) is 4.79 Å². The van der Waals surface area contributed by atoms with Crippen molar-refractivity contribution >= 4 is 23.4 Å². The molecule has 1 aliphatic carbocycles. The molecule has 0 aliphatic heterocycles. The zero-order valence-corrected chi connectivity index (χ0v) is 14.4. The summed E-state index contributed by atoms with van der Waals surface area (Å²) < 4.78 is 5.52. The summed E-state index contributed by atoms with van der Waals surface area (Å²) in [5.74, 6) is 1.32. The Kier molecular flexibility index (Phi) is 4.43. The summed E-state index contributed by atoms with van der Waals surface area (Å²) in [6, 6.07) is 7.95. The van der Waals surface area contributed by atoms with Crippen molar-refractivity contribution in [3.63, 3.8) is 0 Å². The molecule has 1 aliphatic rings. The summed E-state index contributed by atoms with van der Waals surface area (Å²) >= 11 is 1.27. The van der Waals surface area contributed by atoms with E-state index in [4.69, 9.17) is 4.42 Å². The minimum Gasteiger partial charge on any atom is -0.416 e. The van der Waals surface area contributed by atoms with Gasteiger partial charge < -0.3 is 9.73 Å². The average molecular weight is 331 g/mol. The largest absolute Gasteiger partial charge is 0.416 e. The van der Waals surface area contributed by atoms with Crippen molar-refractivity contribution in [1.82, 2.24) is 10.2 Å². The lowest BCUT2D eigenvalue weighted by Crippen LogP contribution is -2.15.